The fourth-order valence-electron chi connectivity index (χ4n) is 3.92. The highest BCUT2D eigenvalue weighted by atomic mass is 31.2. The van der Waals surface area contributed by atoms with E-state index in [0.717, 1.165) is 0 Å². The molecule has 0 aromatic rings. The third kappa shape index (κ3) is 7.41. The van der Waals surface area contributed by atoms with Crippen LogP contribution in [0.25, 0.3) is 4.85 Å². The van der Waals surface area contributed by atoms with Crippen LogP contribution in [0, 0.1) is 6.57 Å². The monoisotopic (exact) mass is 513 g/mol. The van der Waals surface area contributed by atoms with E-state index in [1.54, 1.807) is 0 Å². The van der Waals surface area contributed by atoms with E-state index in [4.69, 9.17) is 42.8 Å². The van der Waals surface area contributed by atoms with Gasteiger partial charge in [0.1, 0.15) is 18.8 Å². The summed E-state index contributed by atoms with van der Waals surface area (Å²) in [4.78, 5) is 3.36. The number of hydrogen-bond donors (Lipinski definition) is 0. The van der Waals surface area contributed by atoms with E-state index in [0.29, 0.717) is 6.42 Å². The summed E-state index contributed by atoms with van der Waals surface area (Å²) in [7, 11) is -5.57. The Kier molecular flexibility index (Phi) is 8.94. The Labute approximate surface area is 203 Å². The molecule has 0 radical (unpaired) electrons. The molecule has 0 spiro atoms. The molecule has 0 N–H and O–H groups in total. The lowest BCUT2D eigenvalue weighted by Crippen LogP contribution is -2.42. The highest BCUT2D eigenvalue weighted by molar-refractivity contribution is 7.48. The van der Waals surface area contributed by atoms with E-state index in [-0.39, 0.29) is 51.6 Å². The molecule has 33 heavy (non-hydrogen) atoms. The normalized spacial score (nSPS) is 41.8. The van der Waals surface area contributed by atoms with Gasteiger partial charge in [0.25, 0.3) is 8.53 Å². The van der Waals surface area contributed by atoms with Gasteiger partial charge in [0, 0.05) is 45.9 Å². The molecule has 0 saturated carbocycles. The zero-order valence-electron chi connectivity index (χ0n) is 22.7. The van der Waals surface area contributed by atoms with Crippen LogP contribution in [0.1, 0.15) is 58.0 Å². The molecular weight excluding hydrogens is 470 g/mol. The minimum Gasteiger partial charge on any atom is -0.376 e. The second-order valence-electron chi connectivity index (χ2n) is 8.60. The Bertz CT molecular complexity index is 787. The maximum Gasteiger partial charge on any atom is 0.475 e. The second-order valence-corrected chi connectivity index (χ2v) is 11.6. The second kappa shape index (κ2) is 12.7. The quantitative estimate of drug-likeness (QED) is 0.224. The summed E-state index contributed by atoms with van der Waals surface area (Å²) >= 11 is 0. The van der Waals surface area contributed by atoms with Gasteiger partial charge in [-0.25, -0.2) is 15.8 Å². The van der Waals surface area contributed by atoms with Gasteiger partial charge in [-0.05, 0) is 34.6 Å². The topological polar surface area (TPSA) is 89.3 Å². The first-order chi connectivity index (χ1) is 17.1. The summed E-state index contributed by atoms with van der Waals surface area (Å²) in [6.45, 7) is 13.9. The smallest absolute Gasteiger partial charge is 0.376 e. The first kappa shape index (κ1) is 23.2. The Hall–Kier alpha value is -0.170. The van der Waals surface area contributed by atoms with E-state index in [2.05, 4.69) is 9.52 Å². The van der Waals surface area contributed by atoms with Crippen molar-refractivity contribution in [1.29, 1.82) is 0 Å². The maximum absolute atomic E-state index is 13.4. The molecule has 190 valence electrons. The third-order valence-electron chi connectivity index (χ3n) is 5.39. The maximum atomic E-state index is 13.4. The fourth-order valence-corrected chi connectivity index (χ4v) is 7.26. The van der Waals surface area contributed by atoms with Gasteiger partial charge >= 0.3 is 7.82 Å². The Balaban J connectivity index is 1.72. The van der Waals surface area contributed by atoms with Gasteiger partial charge in [0.05, 0.1) is 27.7 Å². The van der Waals surface area contributed by atoms with Gasteiger partial charge < -0.3 is 23.4 Å². The van der Waals surface area contributed by atoms with Crippen LogP contribution >= 0.6 is 16.3 Å². The van der Waals surface area contributed by atoms with Crippen LogP contribution < -0.4 is 0 Å². The molecule has 0 aromatic heterocycles. The lowest BCUT2D eigenvalue weighted by molar-refractivity contribution is -0.0772. The number of hydrogen-bond acceptors (Lipinski definition) is 9. The van der Waals surface area contributed by atoms with E-state index >= 15 is 0 Å². The molecular formula is C21H38N2O8P2. The van der Waals surface area contributed by atoms with Crippen molar-refractivity contribution in [2.75, 3.05) is 32.9 Å². The largest absolute Gasteiger partial charge is 0.475 e. The van der Waals surface area contributed by atoms with Crippen molar-refractivity contribution in [3.8, 4) is 0 Å². The van der Waals surface area contributed by atoms with Crippen molar-refractivity contribution in [2.45, 2.75) is 96.5 Å². The summed E-state index contributed by atoms with van der Waals surface area (Å²) in [5.74, 6) is 0. The van der Waals surface area contributed by atoms with Gasteiger partial charge in [-0.2, -0.15) is 0 Å². The number of nitrogens with zero attached hydrogens (tertiary/aromatic N) is 2. The van der Waals surface area contributed by atoms with E-state index < -0.39 is 60.0 Å². The number of phosphoric ester groups is 1. The Morgan fingerprint density at radius 3 is 2.67 bits per heavy atom. The predicted molar refractivity (Wildman–Crippen MR) is 124 cm³/mol. The molecule has 3 fully saturated rings. The van der Waals surface area contributed by atoms with Crippen molar-refractivity contribution in [2.24, 2.45) is 0 Å². The first-order valence-electron chi connectivity index (χ1n) is 13.2. The van der Waals surface area contributed by atoms with Crippen LogP contribution in [0.5, 0.6) is 0 Å². The van der Waals surface area contributed by atoms with E-state index in [1.807, 2.05) is 27.7 Å². The standard InChI is InChI=1S/C21H38N2O8P2/c1-15(2)23(16(3)4)32(27-14-10-22-6)29-19-8-12-26-21(19)20-9-13-28-33(24,31-20)30-18-7-11-25-17(18)5/h15-21H,7-14H2,1-5H3/t17-,18+,19+,20-,21+,32?,33-/m1/s1/i5D,11T,12T/t11-,12-,17-,18+,19+,20-,21+,32?,33-. The Morgan fingerprint density at radius 1 is 1.24 bits per heavy atom. The molecule has 12 heteroatoms. The molecule has 3 aliphatic rings. The van der Waals surface area contributed by atoms with Gasteiger partial charge in [-0.3, -0.25) is 13.6 Å². The lowest BCUT2D eigenvalue weighted by Gasteiger charge is -2.39. The first-order valence-corrected chi connectivity index (χ1v) is 13.9. The lowest BCUT2D eigenvalue weighted by atomic mass is 10.1. The molecule has 10 nitrogen and oxygen atoms in total. The minimum absolute atomic E-state index is 0.0982. The van der Waals surface area contributed by atoms with Crippen LogP contribution in [0.3, 0.4) is 0 Å². The molecule has 1 unspecified atom stereocenters. The van der Waals surface area contributed by atoms with Crippen molar-refractivity contribution >= 4 is 16.3 Å². The fraction of sp³-hybridized carbons (Fsp3) is 0.952. The minimum atomic E-state index is -4.01. The summed E-state index contributed by atoms with van der Waals surface area (Å²) in [5, 5.41) is 0. The molecule has 3 saturated heterocycles. The van der Waals surface area contributed by atoms with E-state index in [1.165, 1.54) is 0 Å². The zero-order chi connectivity index (χ0) is 26.5. The number of ether oxygens (including phenoxy) is 2. The van der Waals surface area contributed by atoms with Gasteiger partial charge in [0.2, 0.25) is 6.54 Å². The van der Waals surface area contributed by atoms with Crippen LogP contribution in [0.2, 0.25) is 0 Å². The summed E-state index contributed by atoms with van der Waals surface area (Å²) in [6.07, 6.45) is -2.58. The molecule has 0 aliphatic carbocycles. The molecule has 3 aliphatic heterocycles. The number of phosphoric acid groups is 1. The molecule has 0 amide bonds. The highest BCUT2D eigenvalue weighted by Crippen LogP contribution is 2.57. The van der Waals surface area contributed by atoms with Crippen LogP contribution in [-0.2, 0) is 36.7 Å². The molecule has 9 atom stereocenters. The molecule has 3 rings (SSSR count). The Morgan fingerprint density at radius 2 is 1.97 bits per heavy atom. The van der Waals surface area contributed by atoms with Crippen LogP contribution in [0.4, 0.5) is 0 Å². The molecule has 0 bridgehead atoms. The van der Waals surface area contributed by atoms with Crippen molar-refractivity contribution in [3.63, 3.8) is 0 Å². The molecule has 0 aromatic carbocycles. The summed E-state index contributed by atoms with van der Waals surface area (Å²) < 4.78 is 79.5. The zero-order valence-corrected chi connectivity index (χ0v) is 21.5. The van der Waals surface area contributed by atoms with Gasteiger partial charge in [-0.15, -0.1) is 0 Å². The summed E-state index contributed by atoms with van der Waals surface area (Å²) in [5.41, 5.74) is 0. The van der Waals surface area contributed by atoms with E-state index in [9.17, 15) is 4.57 Å². The van der Waals surface area contributed by atoms with Crippen molar-refractivity contribution in [3.05, 3.63) is 11.4 Å². The third-order valence-corrected chi connectivity index (χ3v) is 9.10. The van der Waals surface area contributed by atoms with Gasteiger partial charge in [0.15, 0.2) is 0 Å². The van der Waals surface area contributed by atoms with Crippen molar-refractivity contribution < 1.29 is 40.8 Å². The van der Waals surface area contributed by atoms with Crippen LogP contribution in [0.15, 0.2) is 0 Å². The SMILES string of the molecule is [2H]C[C@H]1O[C@H]([3H])C[C@@H]1O[P@@]1(=O)OCC[C@H]([C@H]2O[C@H]([3H])C[C@@H]2OP(OCC[N+]#[C-])N(C(C)C)C(C)C)O1. The average Bonchev–Trinajstić information content (AvgIpc) is 3.33. The van der Waals surface area contributed by atoms with Gasteiger partial charge in [-0.1, -0.05) is 0 Å². The van der Waals surface area contributed by atoms with Crippen LogP contribution in [-0.4, -0.2) is 80.2 Å². The number of rotatable bonds is 11. The molecule has 3 heterocycles. The predicted octanol–water partition coefficient (Wildman–Crippen LogP) is 4.55. The average molecular weight is 514 g/mol. The highest BCUT2D eigenvalue weighted by Gasteiger charge is 2.47. The van der Waals surface area contributed by atoms with Crippen molar-refractivity contribution in [1.82, 2.24) is 4.67 Å². The summed E-state index contributed by atoms with van der Waals surface area (Å²) in [6, 6.07) is 0.230.